The van der Waals surface area contributed by atoms with Crippen molar-refractivity contribution in [2.24, 2.45) is 5.92 Å². The first-order valence-corrected chi connectivity index (χ1v) is 15.0. The van der Waals surface area contributed by atoms with Crippen molar-refractivity contribution in [1.82, 2.24) is 20.5 Å². The summed E-state index contributed by atoms with van der Waals surface area (Å²) in [5.41, 5.74) is 3.68. The second-order valence-corrected chi connectivity index (χ2v) is 11.6. The maximum Gasteiger partial charge on any atom is 0.408 e. The Kier molecular flexibility index (Phi) is 8.74. The van der Waals surface area contributed by atoms with Gasteiger partial charge in [0.15, 0.2) is 0 Å². The van der Waals surface area contributed by atoms with Gasteiger partial charge in [-0.1, -0.05) is 60.7 Å². The molecule has 3 aliphatic rings. The molecule has 0 spiro atoms. The molecule has 1 unspecified atom stereocenters. The number of pyridine rings is 1. The number of nitrogens with zero attached hydrogens (tertiary/aromatic N) is 1. The molecule has 5 N–H and O–H groups in total. The third-order valence-corrected chi connectivity index (χ3v) is 8.73. The van der Waals surface area contributed by atoms with E-state index in [2.05, 4.69) is 32.7 Å². The molecule has 9 nitrogen and oxygen atoms in total. The Morgan fingerprint density at radius 3 is 2.56 bits per heavy atom. The van der Waals surface area contributed by atoms with Gasteiger partial charge in [-0.15, -0.1) is 0 Å². The summed E-state index contributed by atoms with van der Waals surface area (Å²) in [4.78, 5) is 29.8. The summed E-state index contributed by atoms with van der Waals surface area (Å²) in [6, 6.07) is 23.9. The Morgan fingerprint density at radius 2 is 1.79 bits per heavy atom. The van der Waals surface area contributed by atoms with Crippen molar-refractivity contribution in [1.29, 1.82) is 0 Å². The van der Waals surface area contributed by atoms with Crippen LogP contribution in [-0.4, -0.2) is 65.0 Å². The lowest BCUT2D eigenvalue weighted by atomic mass is 9.86. The zero-order valence-corrected chi connectivity index (χ0v) is 24.0. The highest BCUT2D eigenvalue weighted by Crippen LogP contribution is 2.31. The number of benzene rings is 3. The Balaban J connectivity index is 1.09. The van der Waals surface area contributed by atoms with Crippen LogP contribution in [0.3, 0.4) is 0 Å². The number of piperidine rings is 3. The third kappa shape index (κ3) is 6.74. The van der Waals surface area contributed by atoms with E-state index in [1.807, 2.05) is 42.5 Å². The van der Waals surface area contributed by atoms with E-state index in [1.54, 1.807) is 12.1 Å². The van der Waals surface area contributed by atoms with Crippen molar-refractivity contribution in [2.45, 2.75) is 37.5 Å². The minimum Gasteiger partial charge on any atom is -0.506 e. The number of amides is 1. The number of aromatic hydroxyl groups is 1. The van der Waals surface area contributed by atoms with Crippen LogP contribution in [0.2, 0.25) is 0 Å². The van der Waals surface area contributed by atoms with Gasteiger partial charge in [-0.2, -0.15) is 0 Å². The summed E-state index contributed by atoms with van der Waals surface area (Å²) < 4.78 is 5.95. The topological polar surface area (TPSA) is 127 Å². The first kappa shape index (κ1) is 28.9. The van der Waals surface area contributed by atoms with E-state index in [1.165, 1.54) is 12.1 Å². The molecule has 3 saturated heterocycles. The summed E-state index contributed by atoms with van der Waals surface area (Å²) in [7, 11) is 0. The summed E-state index contributed by atoms with van der Waals surface area (Å²) in [5, 5.41) is 28.0. The van der Waals surface area contributed by atoms with Crippen molar-refractivity contribution >= 4 is 17.0 Å². The van der Waals surface area contributed by atoms with E-state index in [9.17, 15) is 19.8 Å². The maximum atomic E-state index is 13.1. The number of H-pyrrole nitrogens is 1. The van der Waals surface area contributed by atoms with Gasteiger partial charge in [0.25, 0.3) is 0 Å². The van der Waals surface area contributed by atoms with E-state index in [0.717, 1.165) is 55.6 Å². The van der Waals surface area contributed by atoms with Gasteiger partial charge in [0.1, 0.15) is 11.9 Å². The largest absolute Gasteiger partial charge is 0.506 e. The SMILES string of the molecule is O=C(NC(c1ccccc1)c1cccc(CCNC[C@H](O)c2ccc(O)c3[nH]c(=O)ccc23)c1)O[C@H]1CN2CCC1CC2. The molecule has 9 heteroatoms. The van der Waals surface area contributed by atoms with Crippen LogP contribution in [0, 0.1) is 5.92 Å². The fourth-order valence-electron chi connectivity index (χ4n) is 6.40. The number of nitrogens with one attached hydrogen (secondary N) is 3. The van der Waals surface area contributed by atoms with Gasteiger partial charge in [-0.05, 0) is 79.2 Å². The first-order valence-electron chi connectivity index (χ1n) is 15.0. The van der Waals surface area contributed by atoms with Crippen LogP contribution in [-0.2, 0) is 11.2 Å². The normalized spacial score (nSPS) is 20.9. The number of alkyl carbamates (subject to hydrolysis) is 1. The molecule has 1 aromatic heterocycles. The van der Waals surface area contributed by atoms with Crippen LogP contribution >= 0.6 is 0 Å². The number of phenolic OH excluding ortho intramolecular Hbond substituents is 1. The average molecular weight is 583 g/mol. The smallest absolute Gasteiger partial charge is 0.408 e. The molecule has 4 heterocycles. The second-order valence-electron chi connectivity index (χ2n) is 11.6. The number of hydrogen-bond acceptors (Lipinski definition) is 7. The second kappa shape index (κ2) is 13.0. The minimum absolute atomic E-state index is 0.0351. The van der Waals surface area contributed by atoms with Crippen LogP contribution in [0.25, 0.3) is 10.9 Å². The molecule has 3 atom stereocenters. The molecule has 3 aliphatic heterocycles. The molecule has 1 amide bonds. The first-order chi connectivity index (χ1) is 20.9. The van der Waals surface area contributed by atoms with E-state index in [0.29, 0.717) is 35.5 Å². The molecule has 0 saturated carbocycles. The molecule has 0 aliphatic carbocycles. The molecule has 4 aromatic rings. The fraction of sp³-hybridized carbons (Fsp3) is 0.353. The number of aromatic nitrogens is 1. The van der Waals surface area contributed by atoms with Crippen LogP contribution in [0.5, 0.6) is 5.75 Å². The molecule has 2 bridgehead atoms. The van der Waals surface area contributed by atoms with Crippen LogP contribution in [0.4, 0.5) is 4.79 Å². The predicted octanol–water partition coefficient (Wildman–Crippen LogP) is 4.01. The molecular weight excluding hydrogens is 544 g/mol. The summed E-state index contributed by atoms with van der Waals surface area (Å²) in [6.45, 7) is 3.93. The highest BCUT2D eigenvalue weighted by Gasteiger charge is 2.36. The maximum absolute atomic E-state index is 13.1. The zero-order chi connectivity index (χ0) is 29.8. The highest BCUT2D eigenvalue weighted by atomic mass is 16.6. The van der Waals surface area contributed by atoms with Crippen molar-refractivity contribution in [3.63, 3.8) is 0 Å². The molecule has 224 valence electrons. The number of carbonyl (C=O) groups is 1. The standard InChI is InChI=1S/C34H38N4O5/c39-28-11-9-26(27-10-12-31(41)36-33(27)28)29(40)20-35-16-13-22-5-4-8-25(19-22)32(24-6-2-1-3-7-24)37-34(42)43-30-21-38-17-14-23(30)15-18-38/h1-12,19,23,29-30,32,35,39-40H,13-18,20-21H2,(H,36,41)(H,37,42)/t29-,30-,32?/m0/s1. The quantitative estimate of drug-likeness (QED) is 0.179. The fourth-order valence-corrected chi connectivity index (χ4v) is 6.40. The zero-order valence-electron chi connectivity index (χ0n) is 24.0. The number of aliphatic hydroxyl groups is 1. The summed E-state index contributed by atoms with van der Waals surface area (Å²) >= 11 is 0. The molecule has 3 fully saturated rings. The van der Waals surface area contributed by atoms with Gasteiger partial charge >= 0.3 is 6.09 Å². The number of carbonyl (C=O) groups excluding carboxylic acids is 1. The number of aromatic amines is 1. The van der Waals surface area contributed by atoms with Crippen molar-refractivity contribution in [3.05, 3.63) is 111 Å². The molecule has 3 aromatic carbocycles. The lowest BCUT2D eigenvalue weighted by molar-refractivity contribution is -0.0336. The highest BCUT2D eigenvalue weighted by molar-refractivity contribution is 5.87. The monoisotopic (exact) mass is 582 g/mol. The van der Waals surface area contributed by atoms with E-state index < -0.39 is 6.10 Å². The number of phenols is 1. The molecule has 7 rings (SSSR count). The molecule has 43 heavy (non-hydrogen) atoms. The Labute approximate surface area is 250 Å². The number of fused-ring (bicyclic) bond motifs is 4. The van der Waals surface area contributed by atoms with Crippen LogP contribution < -0.4 is 16.2 Å². The van der Waals surface area contributed by atoms with Crippen LogP contribution in [0.15, 0.2) is 83.7 Å². The van der Waals surface area contributed by atoms with Gasteiger partial charge in [-0.3, -0.25) is 9.69 Å². The van der Waals surface area contributed by atoms with Gasteiger partial charge < -0.3 is 30.6 Å². The average Bonchev–Trinajstić information content (AvgIpc) is 3.03. The van der Waals surface area contributed by atoms with Gasteiger partial charge in [0.05, 0.1) is 17.7 Å². The molecular formula is C34H38N4O5. The van der Waals surface area contributed by atoms with E-state index in [-0.39, 0.29) is 29.5 Å². The summed E-state index contributed by atoms with van der Waals surface area (Å²) in [5.74, 6) is 0.407. The van der Waals surface area contributed by atoms with Crippen molar-refractivity contribution in [3.8, 4) is 5.75 Å². The predicted molar refractivity (Wildman–Crippen MR) is 165 cm³/mol. The Bertz CT molecular complexity index is 1620. The minimum atomic E-state index is -0.825. The number of aliphatic hydroxyl groups excluding tert-OH is 1. The van der Waals surface area contributed by atoms with Gasteiger partial charge in [0, 0.05) is 24.5 Å². The number of ether oxygens (including phenoxy) is 1. The number of rotatable bonds is 10. The van der Waals surface area contributed by atoms with Crippen molar-refractivity contribution < 1.29 is 19.7 Å². The Morgan fingerprint density at radius 1 is 1.00 bits per heavy atom. The molecule has 0 radical (unpaired) electrons. The van der Waals surface area contributed by atoms with Gasteiger partial charge in [-0.25, -0.2) is 4.79 Å². The van der Waals surface area contributed by atoms with Gasteiger partial charge in [0.2, 0.25) is 5.56 Å². The van der Waals surface area contributed by atoms with E-state index >= 15 is 0 Å². The Hall–Kier alpha value is -4.18. The number of hydrogen-bond donors (Lipinski definition) is 5. The third-order valence-electron chi connectivity index (χ3n) is 8.73. The lowest BCUT2D eigenvalue weighted by Crippen LogP contribution is -2.52. The summed E-state index contributed by atoms with van der Waals surface area (Å²) in [6.07, 6.45) is 1.61. The van der Waals surface area contributed by atoms with Crippen LogP contribution in [0.1, 0.15) is 47.2 Å². The van der Waals surface area contributed by atoms with Crippen molar-refractivity contribution in [2.75, 3.05) is 32.7 Å². The lowest BCUT2D eigenvalue weighted by Gasteiger charge is -2.43. The van der Waals surface area contributed by atoms with E-state index in [4.69, 9.17) is 4.74 Å².